The SMILES string of the molecule is C.CC#CC(=O)OC.COC(=O)C1=C(C(=O)OC)C2(CNC(=O)CC(O)(CC(=O)NCC34C=CC(O3)C(C)=C4C(=O)OC)C(=O)NCC34C=CC(O3)C(C(=O)OC)=C4C(=O)OC)C=CC1O2.Cc1ccccc1.O=C(CC(O)(CC(=O)NCc1ccco1)C(=O)NCc1ccco1)NCc1ccco1.O=C=O.O=C=O.[S-2]. The number of methoxy groups -OCH3 is 6. The van der Waals surface area contributed by atoms with Crippen molar-refractivity contribution in [1.82, 2.24) is 31.9 Å². The Morgan fingerprint density at radius 2 is 0.766 bits per heavy atom. The van der Waals surface area contributed by atoms with Crippen molar-refractivity contribution in [2.75, 3.05) is 62.3 Å². The minimum Gasteiger partial charge on any atom is -2.00 e. The molecule has 6 amide bonds. The zero-order valence-electron chi connectivity index (χ0n) is 60.6. The maximum absolute atomic E-state index is 14.0. The second-order valence-electron chi connectivity index (χ2n) is 23.6. The number of hydrogen-bond acceptors (Lipinski definition) is 30. The molecular formula is C74H82N6O30S-2. The lowest BCUT2D eigenvalue weighted by Gasteiger charge is -2.31. The number of furan rings is 3. The van der Waals surface area contributed by atoms with Crippen LogP contribution in [0.5, 0.6) is 0 Å². The van der Waals surface area contributed by atoms with E-state index in [1.165, 1.54) is 62.9 Å². The van der Waals surface area contributed by atoms with Crippen LogP contribution in [-0.2, 0) is 152 Å². The van der Waals surface area contributed by atoms with Gasteiger partial charge in [-0.2, -0.15) is 19.2 Å². The molecule has 0 fully saturated rings. The van der Waals surface area contributed by atoms with Gasteiger partial charge in [0.2, 0.25) is 23.6 Å². The van der Waals surface area contributed by atoms with Gasteiger partial charge >= 0.3 is 48.1 Å². The fourth-order valence-corrected chi connectivity index (χ4v) is 11.5. The summed E-state index contributed by atoms with van der Waals surface area (Å²) in [5.41, 5.74) is -8.70. The second-order valence-corrected chi connectivity index (χ2v) is 23.6. The number of aliphatic hydroxyl groups is 2. The van der Waals surface area contributed by atoms with Crippen LogP contribution in [0.4, 0.5) is 0 Å². The normalized spacial score (nSPS) is 19.4. The number of ether oxygens (including phenoxy) is 9. The zero-order chi connectivity index (χ0) is 80.7. The van der Waals surface area contributed by atoms with E-state index in [0.29, 0.717) is 22.9 Å². The van der Waals surface area contributed by atoms with Crippen LogP contribution in [0.2, 0.25) is 0 Å². The molecule has 6 aliphatic rings. The van der Waals surface area contributed by atoms with E-state index in [2.05, 4.69) is 67.5 Å². The van der Waals surface area contributed by atoms with Gasteiger partial charge in [-0.15, -0.1) is 0 Å². The average molecular weight is 1570 g/mol. The summed E-state index contributed by atoms with van der Waals surface area (Å²) in [4.78, 5) is 185. The molecule has 0 aliphatic carbocycles. The molecule has 9 heterocycles. The van der Waals surface area contributed by atoms with Crippen LogP contribution >= 0.6 is 0 Å². The minimum absolute atomic E-state index is 0. The van der Waals surface area contributed by atoms with Gasteiger partial charge in [0.15, 0.2) is 11.2 Å². The van der Waals surface area contributed by atoms with E-state index in [4.69, 9.17) is 70.3 Å². The van der Waals surface area contributed by atoms with E-state index in [1.54, 1.807) is 62.4 Å². The molecule has 0 saturated carbocycles. The topological polar surface area (TPSA) is 508 Å². The number of aryl methyl sites for hydroxylation is 1. The molecule has 596 valence electrons. The Hall–Kier alpha value is -12.4. The Bertz CT molecular complexity index is 4240. The Morgan fingerprint density at radius 1 is 0.441 bits per heavy atom. The molecule has 0 spiro atoms. The molecule has 10 rings (SSSR count). The van der Waals surface area contributed by atoms with Crippen LogP contribution in [-0.4, -0.2) is 202 Å². The highest BCUT2D eigenvalue weighted by Crippen LogP contribution is 2.46. The second kappa shape index (κ2) is 43.6. The predicted molar refractivity (Wildman–Crippen MR) is 377 cm³/mol. The van der Waals surface area contributed by atoms with Crippen LogP contribution in [0.3, 0.4) is 0 Å². The van der Waals surface area contributed by atoms with Crippen LogP contribution < -0.4 is 31.9 Å². The lowest BCUT2D eigenvalue weighted by atomic mass is 9.85. The van der Waals surface area contributed by atoms with Crippen molar-refractivity contribution in [3.05, 3.63) is 178 Å². The standard InChI is InChI=1S/C38H41N3O17.C21H23N3O7.C7H8.C5H6O2.2CO2.CH4.S/c1-18-19-7-10-36(56-19,26(18)31(46)53-4)15-39-22(42)13-35(50,34(49)41-17-38-12-9-21(58-38)25(30(45)52-3)28(38)33(48)55-6)14-23(43)40-16-37-11-8-20(57-37)24(29(44)51-2)27(37)32(47)54-5;25-18(22-12-15-4-1-7-29-15)10-21(28,20(27)24-14-17-6-3-9-31-17)11-19(26)23-13-16-5-2-8-30-16;1-7-5-3-2-4-6-7;1-3-4-5(6)7-2;2*2-1-3;;/h7-12,19-21,50H,13-17H2,1-6H3,(H,39,42)(H,40,43)(H,41,49);1-9,28H,10-14H2,(H,22,25)(H,23,26)(H,24,27);2-6H,1H3;1-2H3;;;1H4;/q;;;;;;;-2. The summed E-state index contributed by atoms with van der Waals surface area (Å²) in [6.45, 7) is 4.10. The summed E-state index contributed by atoms with van der Waals surface area (Å²) in [6, 6.07) is 20.2. The molecule has 3 aromatic heterocycles. The number of carbonyl (C=O) groups is 12. The Labute approximate surface area is 641 Å². The van der Waals surface area contributed by atoms with Crippen molar-refractivity contribution in [3.63, 3.8) is 0 Å². The quantitative estimate of drug-likeness (QED) is 0.0133. The summed E-state index contributed by atoms with van der Waals surface area (Å²) in [5.74, 6) is -4.11. The first-order chi connectivity index (χ1) is 51.9. The van der Waals surface area contributed by atoms with Crippen molar-refractivity contribution in [2.45, 2.75) is 120 Å². The number of amides is 6. The van der Waals surface area contributed by atoms with Gasteiger partial charge < -0.3 is 111 Å². The molecule has 36 nitrogen and oxygen atoms in total. The van der Waals surface area contributed by atoms with Crippen molar-refractivity contribution in [3.8, 4) is 11.8 Å². The average Bonchev–Trinajstić information content (AvgIpc) is 1.59. The monoisotopic (exact) mass is 1570 g/mol. The fourth-order valence-electron chi connectivity index (χ4n) is 11.5. The Balaban J connectivity index is 0.000000498. The first-order valence-electron chi connectivity index (χ1n) is 32.4. The number of rotatable bonds is 27. The molecule has 7 unspecified atom stereocenters. The number of carbonyl (C=O) groups excluding carboxylic acids is 16. The van der Waals surface area contributed by atoms with Crippen molar-refractivity contribution in [1.29, 1.82) is 0 Å². The molecule has 0 saturated heterocycles. The van der Waals surface area contributed by atoms with E-state index < -0.39 is 156 Å². The minimum atomic E-state index is -2.83. The summed E-state index contributed by atoms with van der Waals surface area (Å²) < 4.78 is 61.7. The van der Waals surface area contributed by atoms with Gasteiger partial charge in [-0.25, -0.2) is 28.8 Å². The van der Waals surface area contributed by atoms with E-state index in [9.17, 15) is 67.7 Å². The fraction of sp³-hybridized carbons (Fsp3) is 0.378. The van der Waals surface area contributed by atoms with Gasteiger partial charge in [-0.05, 0) is 81.0 Å². The third-order valence-corrected chi connectivity index (χ3v) is 16.5. The predicted octanol–water partition coefficient (Wildman–Crippen LogP) is 0.614. The molecule has 37 heteroatoms. The van der Waals surface area contributed by atoms with Gasteiger partial charge in [-0.1, -0.05) is 67.5 Å². The number of nitrogens with one attached hydrogen (secondary N) is 6. The summed E-state index contributed by atoms with van der Waals surface area (Å²) in [7, 11) is 6.86. The van der Waals surface area contributed by atoms with Crippen molar-refractivity contribution in [2.24, 2.45) is 0 Å². The number of benzene rings is 1. The molecule has 8 N–H and O–H groups in total. The molecule has 111 heavy (non-hydrogen) atoms. The molecule has 1 aromatic carbocycles. The molecule has 6 aliphatic heterocycles. The first-order valence-corrected chi connectivity index (χ1v) is 32.4. The van der Waals surface area contributed by atoms with Gasteiger partial charge in [0.1, 0.15) is 46.3 Å². The maximum atomic E-state index is 14.0. The van der Waals surface area contributed by atoms with Crippen molar-refractivity contribution < 1.29 is 143 Å². The number of hydrogen-bond donors (Lipinski definition) is 8. The maximum Gasteiger partial charge on any atom is 0.384 e. The van der Waals surface area contributed by atoms with Gasteiger partial charge in [0.25, 0.3) is 11.8 Å². The van der Waals surface area contributed by atoms with Crippen LogP contribution in [0, 0.1) is 18.8 Å². The number of fused-ring (bicyclic) bond motifs is 6. The Morgan fingerprint density at radius 3 is 1.09 bits per heavy atom. The van der Waals surface area contributed by atoms with E-state index in [1.807, 2.05) is 18.2 Å². The van der Waals surface area contributed by atoms with E-state index in [-0.39, 0.29) is 87.3 Å². The van der Waals surface area contributed by atoms with Gasteiger partial charge in [0, 0.05) is 5.92 Å². The van der Waals surface area contributed by atoms with Crippen LogP contribution in [0.1, 0.15) is 69.8 Å². The van der Waals surface area contributed by atoms with Crippen molar-refractivity contribution >= 4 is 97.1 Å². The molecule has 6 bridgehead atoms. The van der Waals surface area contributed by atoms with Gasteiger partial charge in [-0.3, -0.25) is 28.8 Å². The molecule has 0 radical (unpaired) electrons. The van der Waals surface area contributed by atoms with Crippen LogP contribution in [0.15, 0.2) is 169 Å². The lowest BCUT2D eigenvalue weighted by Crippen LogP contribution is -2.56. The summed E-state index contributed by atoms with van der Waals surface area (Å²) in [6.07, 6.45) is 8.01. The highest BCUT2D eigenvalue weighted by Gasteiger charge is 2.58. The smallest absolute Gasteiger partial charge is 0.384 e. The van der Waals surface area contributed by atoms with Gasteiger partial charge in [0.05, 0.1) is 160 Å². The molecule has 7 atom stereocenters. The summed E-state index contributed by atoms with van der Waals surface area (Å²) >= 11 is 0. The highest BCUT2D eigenvalue weighted by atomic mass is 32.1. The van der Waals surface area contributed by atoms with E-state index >= 15 is 0 Å². The summed E-state index contributed by atoms with van der Waals surface area (Å²) in [5, 5.41) is 38.0. The largest absolute Gasteiger partial charge is 2.00 e. The molecule has 4 aromatic rings. The third kappa shape index (κ3) is 24.3. The molecular weight excluding hydrogens is 1480 g/mol. The highest BCUT2D eigenvalue weighted by molar-refractivity contribution is 7.37. The van der Waals surface area contributed by atoms with Crippen LogP contribution in [0.25, 0.3) is 0 Å². The van der Waals surface area contributed by atoms with E-state index in [0.717, 1.165) is 28.4 Å². The number of esters is 6. The third-order valence-electron chi connectivity index (χ3n) is 16.5. The lowest BCUT2D eigenvalue weighted by molar-refractivity contribution is -0.193. The first kappa shape index (κ1) is 92.8. The zero-order valence-corrected chi connectivity index (χ0v) is 61.4. The Kier molecular flexibility index (Phi) is 36.4.